The second kappa shape index (κ2) is 6.42. The van der Waals surface area contributed by atoms with Crippen LogP contribution in [-0.4, -0.2) is 17.0 Å². The average molecular weight is 287 g/mol. The minimum atomic E-state index is 0.166. The summed E-state index contributed by atoms with van der Waals surface area (Å²) in [6, 6.07) is 0. The fourth-order valence-corrected chi connectivity index (χ4v) is 3.24. The van der Waals surface area contributed by atoms with Gasteiger partial charge in [0.25, 0.3) is 0 Å². The van der Waals surface area contributed by atoms with Crippen LogP contribution in [0.2, 0.25) is 0 Å². The molecule has 1 unspecified atom stereocenters. The largest absolute Gasteiger partial charge is 0.366 e. The van der Waals surface area contributed by atoms with Gasteiger partial charge in [0.2, 0.25) is 0 Å². The van der Waals surface area contributed by atoms with Crippen molar-refractivity contribution in [2.45, 2.75) is 72.3 Å². The van der Waals surface area contributed by atoms with Crippen LogP contribution in [0.4, 0.5) is 0 Å². The fraction of sp³-hybridized carbons (Fsp3) is 0.700. The summed E-state index contributed by atoms with van der Waals surface area (Å²) < 4.78 is 0. The molecule has 2 rings (SSSR count). The molecule has 0 aromatic rings. The van der Waals surface area contributed by atoms with Crippen LogP contribution < -0.4 is 0 Å². The predicted octanol–water partition coefficient (Wildman–Crippen LogP) is 5.70. The van der Waals surface area contributed by atoms with E-state index in [0.717, 1.165) is 18.4 Å². The molecular weight excluding hydrogens is 254 g/mol. The van der Waals surface area contributed by atoms with Gasteiger partial charge in [-0.25, -0.2) is 0 Å². The average Bonchev–Trinajstić information content (AvgIpc) is 3.22. The zero-order chi connectivity index (χ0) is 15.6. The van der Waals surface area contributed by atoms with Gasteiger partial charge >= 0.3 is 0 Å². The maximum absolute atomic E-state index is 4.37. The molecule has 1 saturated carbocycles. The molecule has 0 N–H and O–H groups in total. The Labute approximate surface area is 131 Å². The molecule has 2 aliphatic rings. The molecule has 0 aliphatic heterocycles. The molecule has 1 heteroatoms. The number of allylic oxidation sites excluding steroid dienone is 4. The first-order valence-electron chi connectivity index (χ1n) is 8.57. The summed E-state index contributed by atoms with van der Waals surface area (Å²) in [6.45, 7) is 16.9. The summed E-state index contributed by atoms with van der Waals surface area (Å²) in [4.78, 5) is 2.51. The lowest BCUT2D eigenvalue weighted by Crippen LogP contribution is -2.41. The Balaban J connectivity index is 2.00. The van der Waals surface area contributed by atoms with Crippen molar-refractivity contribution in [3.63, 3.8) is 0 Å². The Hall–Kier alpha value is -0.980. The van der Waals surface area contributed by atoms with E-state index in [1.54, 1.807) is 11.1 Å². The van der Waals surface area contributed by atoms with Gasteiger partial charge in [-0.3, -0.25) is 0 Å². The molecule has 2 aliphatic carbocycles. The van der Waals surface area contributed by atoms with E-state index in [1.165, 1.54) is 37.8 Å². The van der Waals surface area contributed by atoms with Crippen molar-refractivity contribution in [1.82, 2.24) is 4.90 Å². The van der Waals surface area contributed by atoms with Crippen molar-refractivity contribution in [3.05, 3.63) is 35.6 Å². The van der Waals surface area contributed by atoms with Crippen LogP contribution in [0, 0.1) is 11.8 Å². The van der Waals surface area contributed by atoms with E-state index in [4.69, 9.17) is 0 Å². The maximum atomic E-state index is 4.37. The van der Waals surface area contributed by atoms with Gasteiger partial charge in [-0.1, -0.05) is 29.9 Å². The Morgan fingerprint density at radius 3 is 2.43 bits per heavy atom. The van der Waals surface area contributed by atoms with Gasteiger partial charge in [0.15, 0.2) is 0 Å². The number of hydrogen-bond acceptors (Lipinski definition) is 1. The lowest BCUT2D eigenvalue weighted by molar-refractivity contribution is 0.195. The lowest BCUT2D eigenvalue weighted by Gasteiger charge is -2.39. The number of nitrogens with zero attached hydrogens (tertiary/aromatic N) is 1. The van der Waals surface area contributed by atoms with Crippen molar-refractivity contribution in [2.24, 2.45) is 11.8 Å². The fourth-order valence-electron chi connectivity index (χ4n) is 3.24. The minimum absolute atomic E-state index is 0.166. The van der Waals surface area contributed by atoms with Crippen LogP contribution in [0.1, 0.15) is 66.7 Å². The molecule has 21 heavy (non-hydrogen) atoms. The first-order chi connectivity index (χ1) is 9.79. The first kappa shape index (κ1) is 16.4. The van der Waals surface area contributed by atoms with Gasteiger partial charge in [-0.15, -0.1) is 0 Å². The molecule has 1 nitrogen and oxygen atoms in total. The van der Waals surface area contributed by atoms with Crippen molar-refractivity contribution < 1.29 is 0 Å². The van der Waals surface area contributed by atoms with Gasteiger partial charge < -0.3 is 4.90 Å². The molecule has 118 valence electrons. The Morgan fingerprint density at radius 1 is 1.29 bits per heavy atom. The van der Waals surface area contributed by atoms with Crippen LogP contribution in [0.25, 0.3) is 0 Å². The number of hydrogen-bond donors (Lipinski definition) is 0. The third kappa shape index (κ3) is 4.49. The lowest BCUT2D eigenvalue weighted by atomic mass is 9.85. The van der Waals surface area contributed by atoms with E-state index in [9.17, 15) is 0 Å². The Morgan fingerprint density at radius 2 is 1.95 bits per heavy atom. The van der Waals surface area contributed by atoms with Gasteiger partial charge in [0.05, 0.1) is 0 Å². The molecule has 0 aromatic heterocycles. The second-order valence-electron chi connectivity index (χ2n) is 8.02. The maximum Gasteiger partial charge on any atom is 0.0364 e. The normalized spacial score (nSPS) is 23.8. The second-order valence-corrected chi connectivity index (χ2v) is 8.02. The minimum Gasteiger partial charge on any atom is -0.366 e. The third-order valence-electron chi connectivity index (χ3n) is 5.08. The molecule has 0 aromatic carbocycles. The van der Waals surface area contributed by atoms with Gasteiger partial charge in [0, 0.05) is 17.8 Å². The molecule has 0 bridgehead atoms. The highest BCUT2D eigenvalue weighted by Crippen LogP contribution is 2.39. The van der Waals surface area contributed by atoms with E-state index in [1.807, 2.05) is 0 Å². The summed E-state index contributed by atoms with van der Waals surface area (Å²) in [6.07, 6.45) is 11.4. The van der Waals surface area contributed by atoms with Crippen molar-refractivity contribution in [2.75, 3.05) is 6.54 Å². The van der Waals surface area contributed by atoms with Crippen molar-refractivity contribution >= 4 is 0 Å². The summed E-state index contributed by atoms with van der Waals surface area (Å²) in [5.41, 5.74) is 4.65. The van der Waals surface area contributed by atoms with Crippen LogP contribution >= 0.6 is 0 Å². The molecule has 0 saturated heterocycles. The molecule has 0 radical (unpaired) electrons. The van der Waals surface area contributed by atoms with Crippen LogP contribution in [0.3, 0.4) is 0 Å². The Bertz CT molecular complexity index is 443. The van der Waals surface area contributed by atoms with E-state index in [2.05, 4.69) is 58.2 Å². The van der Waals surface area contributed by atoms with E-state index < -0.39 is 0 Å². The van der Waals surface area contributed by atoms with E-state index >= 15 is 0 Å². The van der Waals surface area contributed by atoms with Crippen LogP contribution in [0.15, 0.2) is 35.6 Å². The quantitative estimate of drug-likeness (QED) is 0.586. The van der Waals surface area contributed by atoms with Crippen molar-refractivity contribution in [1.29, 1.82) is 0 Å². The summed E-state index contributed by atoms with van der Waals surface area (Å²) in [7, 11) is 0. The first-order valence-corrected chi connectivity index (χ1v) is 8.57. The standard InChI is InChI=1S/C20H33N/c1-15-7-9-18(10-8-15)16(2)13-14-21(20(4,5)6)17(3)19-11-12-19/h7,13,18-19H,3,8-12,14H2,1-2,4-6H3/b16-13-. The van der Waals surface area contributed by atoms with Crippen LogP contribution in [0.5, 0.6) is 0 Å². The highest BCUT2D eigenvalue weighted by Gasteiger charge is 2.32. The van der Waals surface area contributed by atoms with E-state index in [-0.39, 0.29) is 5.54 Å². The molecule has 1 fully saturated rings. The summed E-state index contributed by atoms with van der Waals surface area (Å²) >= 11 is 0. The molecule has 0 spiro atoms. The number of rotatable bonds is 5. The highest BCUT2D eigenvalue weighted by atomic mass is 15.2. The topological polar surface area (TPSA) is 3.24 Å². The zero-order valence-corrected chi connectivity index (χ0v) is 14.7. The van der Waals surface area contributed by atoms with Crippen LogP contribution in [-0.2, 0) is 0 Å². The monoisotopic (exact) mass is 287 g/mol. The highest BCUT2D eigenvalue weighted by molar-refractivity contribution is 5.16. The predicted molar refractivity (Wildman–Crippen MR) is 93.2 cm³/mol. The van der Waals surface area contributed by atoms with Gasteiger partial charge in [-0.05, 0) is 78.6 Å². The van der Waals surface area contributed by atoms with Gasteiger partial charge in [-0.2, -0.15) is 0 Å². The van der Waals surface area contributed by atoms with Gasteiger partial charge in [0.1, 0.15) is 0 Å². The SMILES string of the molecule is C=C(C1CC1)N(C/C=C(/C)C1CC=C(C)CC1)C(C)(C)C. The summed E-state index contributed by atoms with van der Waals surface area (Å²) in [5.74, 6) is 1.50. The van der Waals surface area contributed by atoms with E-state index in [0.29, 0.717) is 0 Å². The Kier molecular flexibility index (Phi) is 5.01. The molecule has 0 amide bonds. The smallest absolute Gasteiger partial charge is 0.0364 e. The summed E-state index contributed by atoms with van der Waals surface area (Å²) in [5, 5.41) is 0. The molecular formula is C20H33N. The zero-order valence-electron chi connectivity index (χ0n) is 14.7. The molecule has 0 heterocycles. The third-order valence-corrected chi connectivity index (χ3v) is 5.08. The molecule has 1 atom stereocenters. The van der Waals surface area contributed by atoms with Crippen molar-refractivity contribution in [3.8, 4) is 0 Å².